The van der Waals surface area contributed by atoms with Crippen molar-refractivity contribution in [3.8, 4) is 0 Å². The molecule has 0 aromatic rings. The van der Waals surface area contributed by atoms with Crippen LogP contribution >= 0.6 is 0 Å². The zero-order valence-corrected chi connectivity index (χ0v) is 19.0. The Labute approximate surface area is 178 Å². The van der Waals surface area contributed by atoms with Gasteiger partial charge in [-0.15, -0.1) is 0 Å². The molecule has 0 atom stereocenters. The van der Waals surface area contributed by atoms with Gasteiger partial charge in [-0.1, -0.05) is 13.8 Å². The summed E-state index contributed by atoms with van der Waals surface area (Å²) < 4.78 is 30.2. The van der Waals surface area contributed by atoms with Crippen molar-refractivity contribution in [3.63, 3.8) is 0 Å². The zero-order valence-electron chi connectivity index (χ0n) is 19.0. The molecule has 0 N–H and O–H groups in total. The minimum atomic E-state index is -1.19. The molecule has 170 valence electrons. The van der Waals surface area contributed by atoms with Crippen LogP contribution in [0.15, 0.2) is 12.2 Å². The molecule has 2 saturated heterocycles. The molecule has 0 saturated carbocycles. The van der Waals surface area contributed by atoms with Crippen LogP contribution in [0.1, 0.15) is 60.8 Å². The number of carbonyl (C=O) groups is 2. The van der Waals surface area contributed by atoms with Gasteiger partial charge in [-0.25, -0.2) is 0 Å². The fraction of sp³-hybridized carbons (Fsp3) is 0.818. The Morgan fingerprint density at radius 2 is 1.53 bits per heavy atom. The van der Waals surface area contributed by atoms with Crippen LogP contribution in [0.4, 0.5) is 0 Å². The van der Waals surface area contributed by atoms with E-state index in [-0.39, 0.29) is 23.5 Å². The Balaban J connectivity index is 1.63. The van der Waals surface area contributed by atoms with Crippen LogP contribution in [0.3, 0.4) is 0 Å². The highest BCUT2D eigenvalue weighted by atomic mass is 16.9. The summed E-state index contributed by atoms with van der Waals surface area (Å²) in [5.41, 5.74) is -1.79. The highest BCUT2D eigenvalue weighted by Crippen LogP contribution is 2.40. The van der Waals surface area contributed by atoms with Gasteiger partial charge in [0.2, 0.25) is 0 Å². The summed E-state index contributed by atoms with van der Waals surface area (Å²) >= 11 is 0. The summed E-state index contributed by atoms with van der Waals surface area (Å²) in [5, 5.41) is 0. The molecule has 0 bridgehead atoms. The first-order valence-corrected chi connectivity index (χ1v) is 10.7. The van der Waals surface area contributed by atoms with Gasteiger partial charge in [0.05, 0.1) is 37.4 Å². The lowest BCUT2D eigenvalue weighted by atomic mass is 9.87. The van der Waals surface area contributed by atoms with Crippen molar-refractivity contribution in [1.29, 1.82) is 0 Å². The molecule has 3 rings (SSSR count). The van der Waals surface area contributed by atoms with E-state index >= 15 is 0 Å². The summed E-state index contributed by atoms with van der Waals surface area (Å²) in [6.07, 6.45) is 4.15. The fourth-order valence-electron chi connectivity index (χ4n) is 4.55. The van der Waals surface area contributed by atoms with Crippen molar-refractivity contribution >= 4 is 11.8 Å². The van der Waals surface area contributed by atoms with E-state index in [2.05, 4.69) is 0 Å². The van der Waals surface area contributed by atoms with Crippen LogP contribution in [0.2, 0.25) is 0 Å². The van der Waals surface area contributed by atoms with E-state index in [9.17, 15) is 9.59 Å². The lowest BCUT2D eigenvalue weighted by Gasteiger charge is -2.50. The van der Waals surface area contributed by atoms with Gasteiger partial charge in [-0.05, 0) is 40.5 Å². The van der Waals surface area contributed by atoms with Gasteiger partial charge in [-0.2, -0.15) is 0 Å². The summed E-state index contributed by atoms with van der Waals surface area (Å²) in [4.78, 5) is 25.6. The highest BCUT2D eigenvalue weighted by molar-refractivity contribution is 6.13. The molecular formula is C22H35NO7. The van der Waals surface area contributed by atoms with E-state index in [1.165, 1.54) is 17.1 Å². The maximum atomic E-state index is 12.1. The fourth-order valence-corrected chi connectivity index (χ4v) is 4.55. The third kappa shape index (κ3) is 4.78. The molecule has 8 heteroatoms. The lowest BCUT2D eigenvalue weighted by Crippen LogP contribution is -2.59. The van der Waals surface area contributed by atoms with Crippen molar-refractivity contribution in [3.05, 3.63) is 12.2 Å². The minimum absolute atomic E-state index is 0.170. The lowest BCUT2D eigenvalue weighted by molar-refractivity contribution is -0.453. The number of rotatable bonds is 7. The molecule has 8 nitrogen and oxygen atoms in total. The van der Waals surface area contributed by atoms with Crippen molar-refractivity contribution in [2.75, 3.05) is 26.4 Å². The zero-order chi connectivity index (χ0) is 22.2. The molecular weight excluding hydrogens is 390 g/mol. The second-order valence-electron chi connectivity index (χ2n) is 9.77. The summed E-state index contributed by atoms with van der Waals surface area (Å²) in [5.74, 6) is -1.80. The smallest absolute Gasteiger partial charge is 0.283 e. The molecule has 2 fully saturated rings. The summed E-state index contributed by atoms with van der Waals surface area (Å²) in [7, 11) is 0. The van der Waals surface area contributed by atoms with Gasteiger partial charge < -0.3 is 23.7 Å². The molecule has 2 amide bonds. The molecule has 3 heterocycles. The average molecular weight is 426 g/mol. The molecule has 0 unspecified atom stereocenters. The number of ether oxygens (including phenoxy) is 5. The van der Waals surface area contributed by atoms with E-state index < -0.39 is 17.1 Å². The predicted octanol–water partition coefficient (Wildman–Crippen LogP) is 2.76. The van der Waals surface area contributed by atoms with Gasteiger partial charge >= 0.3 is 0 Å². The van der Waals surface area contributed by atoms with E-state index in [0.29, 0.717) is 39.3 Å². The van der Waals surface area contributed by atoms with Gasteiger partial charge in [0.25, 0.3) is 17.8 Å². The predicted molar refractivity (Wildman–Crippen MR) is 108 cm³/mol. The molecule has 0 radical (unpaired) electrons. The van der Waals surface area contributed by atoms with E-state index in [1.807, 2.05) is 41.5 Å². The SMILES string of the molecule is CCC1OCC2(CO1)COC(CC)(OC(C)(C)CC(C)(C)N1C(=O)C=CC1=O)OC2. The largest absolute Gasteiger partial charge is 0.352 e. The topological polar surface area (TPSA) is 83.5 Å². The quantitative estimate of drug-likeness (QED) is 0.580. The molecule has 3 aliphatic rings. The normalized spacial score (nSPS) is 33.0. The Morgan fingerprint density at radius 3 is 2.00 bits per heavy atom. The van der Waals surface area contributed by atoms with Crippen molar-refractivity contribution in [1.82, 2.24) is 4.90 Å². The average Bonchev–Trinajstić information content (AvgIpc) is 3.03. The van der Waals surface area contributed by atoms with E-state index in [0.717, 1.165) is 6.42 Å². The molecule has 0 aromatic carbocycles. The Morgan fingerprint density at radius 1 is 1.00 bits per heavy atom. The van der Waals surface area contributed by atoms with Gasteiger partial charge in [0.1, 0.15) is 0 Å². The van der Waals surface area contributed by atoms with Crippen LogP contribution < -0.4 is 0 Å². The maximum absolute atomic E-state index is 12.1. The van der Waals surface area contributed by atoms with Crippen molar-refractivity contribution < 1.29 is 33.3 Å². The van der Waals surface area contributed by atoms with Gasteiger partial charge in [-0.3, -0.25) is 14.5 Å². The molecule has 3 aliphatic heterocycles. The molecule has 30 heavy (non-hydrogen) atoms. The number of amides is 2. The first-order valence-electron chi connectivity index (χ1n) is 10.7. The second-order valence-corrected chi connectivity index (χ2v) is 9.77. The van der Waals surface area contributed by atoms with Crippen LogP contribution in [-0.2, 0) is 33.3 Å². The first kappa shape index (κ1) is 23.3. The van der Waals surface area contributed by atoms with Gasteiger partial charge in [0.15, 0.2) is 6.29 Å². The van der Waals surface area contributed by atoms with Crippen LogP contribution in [0, 0.1) is 5.41 Å². The summed E-state index contributed by atoms with van der Waals surface area (Å²) in [6.45, 7) is 13.4. The third-order valence-corrected chi connectivity index (χ3v) is 5.82. The summed E-state index contributed by atoms with van der Waals surface area (Å²) in [6, 6.07) is 0. The molecule has 1 spiro atoms. The monoisotopic (exact) mass is 425 g/mol. The number of hydrogen-bond acceptors (Lipinski definition) is 7. The second kappa shape index (κ2) is 8.31. The molecule has 0 aliphatic carbocycles. The third-order valence-electron chi connectivity index (χ3n) is 5.82. The number of hydrogen-bond donors (Lipinski definition) is 0. The minimum Gasteiger partial charge on any atom is -0.352 e. The number of imide groups is 1. The Kier molecular flexibility index (Phi) is 6.47. The molecule has 0 aromatic heterocycles. The highest BCUT2D eigenvalue weighted by Gasteiger charge is 2.51. The van der Waals surface area contributed by atoms with Crippen LogP contribution in [0.5, 0.6) is 0 Å². The maximum Gasteiger partial charge on any atom is 0.283 e. The Hall–Kier alpha value is -1.32. The first-order chi connectivity index (χ1) is 14.0. The Bertz CT molecular complexity index is 664. The number of nitrogens with zero attached hydrogens (tertiary/aromatic N) is 1. The standard InChI is InChI=1S/C22H35NO7/c1-7-18-26-12-21(13-27-18)14-28-22(8-2,29-15-21)30-20(5,6)11-19(3,4)23-16(24)9-10-17(23)25/h9-10,18H,7-8,11-15H2,1-6H3. The number of carbonyl (C=O) groups excluding carboxylic acids is 2. The van der Waals surface area contributed by atoms with E-state index in [4.69, 9.17) is 23.7 Å². The van der Waals surface area contributed by atoms with Crippen LogP contribution in [-0.4, -0.2) is 66.5 Å². The van der Waals surface area contributed by atoms with Crippen LogP contribution in [0.25, 0.3) is 0 Å². The van der Waals surface area contributed by atoms with Gasteiger partial charge in [0, 0.05) is 24.1 Å². The van der Waals surface area contributed by atoms with E-state index in [1.54, 1.807) is 0 Å². The van der Waals surface area contributed by atoms with Crippen molar-refractivity contribution in [2.45, 2.75) is 84.2 Å². The van der Waals surface area contributed by atoms with Crippen molar-refractivity contribution in [2.24, 2.45) is 5.41 Å².